The highest BCUT2D eigenvalue weighted by atomic mass is 16.3. The third-order valence-corrected chi connectivity index (χ3v) is 3.74. The van der Waals surface area contributed by atoms with Crippen LogP contribution in [0, 0.1) is 0 Å². The van der Waals surface area contributed by atoms with E-state index in [-0.39, 0.29) is 5.75 Å². The first-order chi connectivity index (χ1) is 8.56. The molecule has 0 aromatic heterocycles. The highest BCUT2D eigenvalue weighted by molar-refractivity contribution is 5.53. The van der Waals surface area contributed by atoms with Crippen molar-refractivity contribution in [2.45, 2.75) is 25.4 Å². The van der Waals surface area contributed by atoms with Crippen LogP contribution < -0.4 is 5.73 Å². The third kappa shape index (κ3) is 3.15. The summed E-state index contributed by atoms with van der Waals surface area (Å²) in [5, 5.41) is 9.40. The molecule has 1 atom stereocenters. The predicted molar refractivity (Wildman–Crippen MR) is 74.5 cm³/mol. The number of nitrogens with zero attached hydrogens (tertiary/aromatic N) is 2. The number of phenols is 1. The van der Waals surface area contributed by atoms with Gasteiger partial charge >= 0.3 is 0 Å². The van der Waals surface area contributed by atoms with E-state index in [1.807, 2.05) is 12.1 Å². The first-order valence-corrected chi connectivity index (χ1v) is 6.52. The maximum absolute atomic E-state index is 9.40. The lowest BCUT2D eigenvalue weighted by Crippen LogP contribution is -2.36. The molecule has 1 aromatic carbocycles. The Morgan fingerprint density at radius 2 is 2.28 bits per heavy atom. The molecule has 1 aliphatic heterocycles. The SMILES string of the molecule is CN(Cc1ccc(O)c(N)c1)CC1CCCN1C. The Kier molecular flexibility index (Phi) is 4.09. The number of likely N-dealkylation sites (tertiary alicyclic amines) is 1. The molecule has 4 nitrogen and oxygen atoms in total. The molecule has 1 saturated heterocycles. The highest BCUT2D eigenvalue weighted by Crippen LogP contribution is 2.22. The largest absolute Gasteiger partial charge is 0.506 e. The minimum absolute atomic E-state index is 0.164. The molecule has 100 valence electrons. The number of rotatable bonds is 4. The van der Waals surface area contributed by atoms with E-state index in [4.69, 9.17) is 5.73 Å². The Hall–Kier alpha value is -1.26. The van der Waals surface area contributed by atoms with E-state index >= 15 is 0 Å². The summed E-state index contributed by atoms with van der Waals surface area (Å²) < 4.78 is 0. The van der Waals surface area contributed by atoms with Crippen molar-refractivity contribution in [2.75, 3.05) is 32.9 Å². The van der Waals surface area contributed by atoms with E-state index in [1.54, 1.807) is 6.07 Å². The van der Waals surface area contributed by atoms with Crippen LogP contribution in [0.4, 0.5) is 5.69 Å². The second-order valence-electron chi connectivity index (χ2n) is 5.37. The van der Waals surface area contributed by atoms with Crippen LogP contribution in [0.15, 0.2) is 18.2 Å². The normalized spacial score (nSPS) is 20.7. The average molecular weight is 249 g/mol. The van der Waals surface area contributed by atoms with E-state index in [0.29, 0.717) is 11.7 Å². The minimum atomic E-state index is 0.164. The number of aromatic hydroxyl groups is 1. The van der Waals surface area contributed by atoms with Gasteiger partial charge in [0.25, 0.3) is 0 Å². The molecule has 2 rings (SSSR count). The van der Waals surface area contributed by atoms with E-state index in [0.717, 1.165) is 18.7 Å². The number of hydrogen-bond acceptors (Lipinski definition) is 4. The molecule has 0 amide bonds. The zero-order valence-corrected chi connectivity index (χ0v) is 11.3. The zero-order valence-electron chi connectivity index (χ0n) is 11.3. The van der Waals surface area contributed by atoms with Crippen molar-refractivity contribution in [3.05, 3.63) is 23.8 Å². The number of nitrogen functional groups attached to an aromatic ring is 1. The van der Waals surface area contributed by atoms with Crippen molar-refractivity contribution >= 4 is 5.69 Å². The number of nitrogens with two attached hydrogens (primary N) is 1. The van der Waals surface area contributed by atoms with Crippen LogP contribution in [0.1, 0.15) is 18.4 Å². The topological polar surface area (TPSA) is 52.7 Å². The molecule has 1 unspecified atom stereocenters. The quantitative estimate of drug-likeness (QED) is 0.627. The van der Waals surface area contributed by atoms with E-state index in [1.165, 1.54) is 19.4 Å². The molecular formula is C14H23N3O. The van der Waals surface area contributed by atoms with Crippen LogP contribution in [-0.4, -0.2) is 48.1 Å². The lowest BCUT2D eigenvalue weighted by atomic mass is 10.1. The maximum atomic E-state index is 9.40. The van der Waals surface area contributed by atoms with Crippen LogP contribution >= 0.6 is 0 Å². The molecule has 3 N–H and O–H groups in total. The smallest absolute Gasteiger partial charge is 0.138 e. The summed E-state index contributed by atoms with van der Waals surface area (Å²) in [4.78, 5) is 4.75. The minimum Gasteiger partial charge on any atom is -0.506 e. The van der Waals surface area contributed by atoms with Gasteiger partial charge in [-0.2, -0.15) is 0 Å². The van der Waals surface area contributed by atoms with Gasteiger partial charge in [-0.05, 0) is 51.2 Å². The van der Waals surface area contributed by atoms with Gasteiger partial charge in [0.15, 0.2) is 0 Å². The molecule has 1 heterocycles. The number of anilines is 1. The predicted octanol–water partition coefficient (Wildman–Crippen LogP) is 1.50. The Morgan fingerprint density at radius 3 is 2.89 bits per heavy atom. The fourth-order valence-corrected chi connectivity index (χ4v) is 2.65. The molecule has 18 heavy (non-hydrogen) atoms. The van der Waals surface area contributed by atoms with E-state index in [9.17, 15) is 5.11 Å². The number of phenolic OH excluding ortho intramolecular Hbond substituents is 1. The van der Waals surface area contributed by atoms with E-state index in [2.05, 4.69) is 23.9 Å². The molecule has 0 radical (unpaired) electrons. The van der Waals surface area contributed by atoms with Crippen LogP contribution in [-0.2, 0) is 6.54 Å². The van der Waals surface area contributed by atoms with Crippen LogP contribution in [0.5, 0.6) is 5.75 Å². The molecule has 0 spiro atoms. The Morgan fingerprint density at radius 1 is 1.50 bits per heavy atom. The monoisotopic (exact) mass is 249 g/mol. The van der Waals surface area contributed by atoms with Crippen molar-refractivity contribution in [1.82, 2.24) is 9.80 Å². The average Bonchev–Trinajstić information content (AvgIpc) is 2.70. The summed E-state index contributed by atoms with van der Waals surface area (Å²) in [6.45, 7) is 3.16. The molecular weight excluding hydrogens is 226 g/mol. The lowest BCUT2D eigenvalue weighted by molar-refractivity contribution is 0.215. The number of hydrogen-bond donors (Lipinski definition) is 2. The van der Waals surface area contributed by atoms with Gasteiger partial charge in [-0.3, -0.25) is 0 Å². The van der Waals surface area contributed by atoms with Crippen molar-refractivity contribution in [3.8, 4) is 5.75 Å². The van der Waals surface area contributed by atoms with Gasteiger partial charge in [-0.15, -0.1) is 0 Å². The summed E-state index contributed by atoms with van der Waals surface area (Å²) in [6, 6.07) is 6.12. The molecule has 0 aliphatic carbocycles. The summed E-state index contributed by atoms with van der Waals surface area (Å²) >= 11 is 0. The van der Waals surface area contributed by atoms with Crippen LogP contribution in [0.2, 0.25) is 0 Å². The standard InChI is InChI=1S/C14H23N3O/c1-16(10-12-4-3-7-17(12)2)9-11-5-6-14(18)13(15)8-11/h5-6,8,12,18H,3-4,7,9-10,15H2,1-2H3. The molecule has 0 saturated carbocycles. The molecule has 0 bridgehead atoms. The van der Waals surface area contributed by atoms with Crippen LogP contribution in [0.3, 0.4) is 0 Å². The van der Waals surface area contributed by atoms with Crippen LogP contribution in [0.25, 0.3) is 0 Å². The Balaban J connectivity index is 1.90. The summed E-state index contributed by atoms with van der Waals surface area (Å²) in [7, 11) is 4.33. The van der Waals surface area contributed by atoms with Gasteiger partial charge in [0, 0.05) is 19.1 Å². The fraction of sp³-hybridized carbons (Fsp3) is 0.571. The fourth-order valence-electron chi connectivity index (χ4n) is 2.65. The summed E-state index contributed by atoms with van der Waals surface area (Å²) in [6.07, 6.45) is 2.60. The molecule has 1 fully saturated rings. The van der Waals surface area contributed by atoms with Crippen molar-refractivity contribution in [3.63, 3.8) is 0 Å². The second-order valence-corrected chi connectivity index (χ2v) is 5.37. The van der Waals surface area contributed by atoms with Crippen molar-refractivity contribution in [1.29, 1.82) is 0 Å². The Bertz CT molecular complexity index is 408. The summed E-state index contributed by atoms with van der Waals surface area (Å²) in [5.74, 6) is 0.164. The van der Waals surface area contributed by atoms with Gasteiger partial charge in [0.05, 0.1) is 5.69 Å². The van der Waals surface area contributed by atoms with Gasteiger partial charge in [-0.1, -0.05) is 6.07 Å². The zero-order chi connectivity index (χ0) is 13.1. The van der Waals surface area contributed by atoms with Crippen molar-refractivity contribution in [2.24, 2.45) is 0 Å². The Labute approximate surface area is 109 Å². The molecule has 4 heteroatoms. The highest BCUT2D eigenvalue weighted by Gasteiger charge is 2.21. The molecule has 1 aliphatic rings. The summed E-state index contributed by atoms with van der Waals surface area (Å²) in [5.41, 5.74) is 7.31. The molecule has 1 aromatic rings. The second kappa shape index (κ2) is 5.59. The third-order valence-electron chi connectivity index (χ3n) is 3.74. The first kappa shape index (κ1) is 13.2. The van der Waals surface area contributed by atoms with Gasteiger partial charge in [-0.25, -0.2) is 0 Å². The number of benzene rings is 1. The van der Waals surface area contributed by atoms with Crippen molar-refractivity contribution < 1.29 is 5.11 Å². The van der Waals surface area contributed by atoms with Gasteiger partial charge < -0.3 is 20.6 Å². The maximum Gasteiger partial charge on any atom is 0.138 e. The lowest BCUT2D eigenvalue weighted by Gasteiger charge is -2.25. The van der Waals surface area contributed by atoms with Gasteiger partial charge in [0.1, 0.15) is 5.75 Å². The number of likely N-dealkylation sites (N-methyl/N-ethyl adjacent to an activating group) is 2. The first-order valence-electron chi connectivity index (χ1n) is 6.52. The van der Waals surface area contributed by atoms with Gasteiger partial charge in [0.2, 0.25) is 0 Å². The van der Waals surface area contributed by atoms with E-state index < -0.39 is 0 Å².